The molecule has 0 aliphatic rings. The molecule has 6 nitrogen and oxygen atoms in total. The lowest BCUT2D eigenvalue weighted by Crippen LogP contribution is -2.29. The number of aryl methyl sites for hydroxylation is 1. The molecular weight excluding hydrogens is 364 g/mol. The van der Waals surface area contributed by atoms with E-state index in [1.54, 1.807) is 30.5 Å². The molecule has 2 aromatic carbocycles. The van der Waals surface area contributed by atoms with Gasteiger partial charge in [0.2, 0.25) is 0 Å². The third kappa shape index (κ3) is 3.87. The predicted molar refractivity (Wildman–Crippen MR) is 116 cm³/mol. The van der Waals surface area contributed by atoms with Gasteiger partial charge in [0.15, 0.2) is 0 Å². The zero-order chi connectivity index (χ0) is 20.2. The fourth-order valence-corrected chi connectivity index (χ4v) is 3.19. The van der Waals surface area contributed by atoms with E-state index < -0.39 is 5.91 Å². The van der Waals surface area contributed by atoms with Crippen LogP contribution in [0.15, 0.2) is 83.8 Å². The molecule has 0 atom stereocenters. The van der Waals surface area contributed by atoms with Crippen LogP contribution in [0.2, 0.25) is 0 Å². The SMILES string of the molecule is CCn1c(=O)c(C(=O)Nc2ccc(Nc3ccccc3)cc2)cc2cccnc21. The first-order valence-electron chi connectivity index (χ1n) is 9.38. The number of para-hydroxylation sites is 1. The smallest absolute Gasteiger partial charge is 0.265 e. The van der Waals surface area contributed by atoms with Crippen LogP contribution in [0.25, 0.3) is 11.0 Å². The summed E-state index contributed by atoms with van der Waals surface area (Å²) in [4.78, 5) is 29.8. The molecule has 1 amide bonds. The van der Waals surface area contributed by atoms with E-state index in [-0.39, 0.29) is 11.1 Å². The summed E-state index contributed by atoms with van der Waals surface area (Å²) in [6, 6.07) is 22.4. The maximum Gasteiger partial charge on any atom is 0.265 e. The minimum absolute atomic E-state index is 0.0961. The fraction of sp³-hybridized carbons (Fsp3) is 0.0870. The number of hydrogen-bond acceptors (Lipinski definition) is 4. The Labute approximate surface area is 167 Å². The molecule has 0 aliphatic carbocycles. The van der Waals surface area contributed by atoms with Gasteiger partial charge in [0.25, 0.3) is 11.5 Å². The van der Waals surface area contributed by atoms with E-state index in [0.29, 0.717) is 17.9 Å². The first-order chi connectivity index (χ1) is 14.2. The lowest BCUT2D eigenvalue weighted by atomic mass is 10.2. The molecule has 4 aromatic rings. The number of anilines is 3. The van der Waals surface area contributed by atoms with Crippen molar-refractivity contribution in [2.24, 2.45) is 0 Å². The van der Waals surface area contributed by atoms with Crippen molar-refractivity contribution in [3.8, 4) is 0 Å². The molecule has 0 bridgehead atoms. The monoisotopic (exact) mass is 384 g/mol. The van der Waals surface area contributed by atoms with Gasteiger partial charge in [0.05, 0.1) is 0 Å². The molecule has 2 N–H and O–H groups in total. The molecule has 0 aliphatic heterocycles. The number of amides is 1. The zero-order valence-corrected chi connectivity index (χ0v) is 15.9. The number of carbonyl (C=O) groups excluding carboxylic acids is 1. The van der Waals surface area contributed by atoms with Crippen molar-refractivity contribution in [2.75, 3.05) is 10.6 Å². The van der Waals surface area contributed by atoms with E-state index in [1.165, 1.54) is 4.57 Å². The molecular formula is C23H20N4O2. The summed E-state index contributed by atoms with van der Waals surface area (Å²) in [5, 5.41) is 6.84. The Morgan fingerprint density at radius 2 is 1.62 bits per heavy atom. The van der Waals surface area contributed by atoms with E-state index in [9.17, 15) is 9.59 Å². The standard InChI is InChI=1S/C23H20N4O2/c1-2-27-21-16(7-6-14-24-21)15-20(23(27)29)22(28)26-19-12-10-18(11-13-19)25-17-8-4-3-5-9-17/h3-15,25H,2H2,1H3,(H,26,28). The number of nitrogens with zero attached hydrogens (tertiary/aromatic N) is 2. The molecule has 0 unspecified atom stereocenters. The first-order valence-corrected chi connectivity index (χ1v) is 9.38. The topological polar surface area (TPSA) is 76.0 Å². The molecule has 0 spiro atoms. The van der Waals surface area contributed by atoms with Gasteiger partial charge < -0.3 is 10.6 Å². The van der Waals surface area contributed by atoms with Crippen LogP contribution >= 0.6 is 0 Å². The average Bonchev–Trinajstić information content (AvgIpc) is 2.75. The summed E-state index contributed by atoms with van der Waals surface area (Å²) >= 11 is 0. The Balaban J connectivity index is 1.57. The van der Waals surface area contributed by atoms with Crippen molar-refractivity contribution in [1.29, 1.82) is 0 Å². The number of benzene rings is 2. The molecule has 144 valence electrons. The lowest BCUT2D eigenvalue weighted by molar-refractivity contribution is 0.102. The fourth-order valence-electron chi connectivity index (χ4n) is 3.19. The Morgan fingerprint density at radius 1 is 0.931 bits per heavy atom. The highest BCUT2D eigenvalue weighted by molar-refractivity contribution is 6.05. The summed E-state index contributed by atoms with van der Waals surface area (Å²) < 4.78 is 1.51. The normalized spacial score (nSPS) is 10.7. The zero-order valence-electron chi connectivity index (χ0n) is 15.9. The van der Waals surface area contributed by atoms with Crippen LogP contribution in [-0.2, 0) is 6.54 Å². The highest BCUT2D eigenvalue weighted by Crippen LogP contribution is 2.19. The van der Waals surface area contributed by atoms with Gasteiger partial charge in [-0.25, -0.2) is 4.98 Å². The predicted octanol–water partition coefficient (Wildman–Crippen LogP) is 4.41. The molecule has 4 rings (SSSR count). The van der Waals surface area contributed by atoms with Gasteiger partial charge in [-0.15, -0.1) is 0 Å². The Kier molecular flexibility index (Phi) is 5.07. The van der Waals surface area contributed by atoms with Crippen LogP contribution in [-0.4, -0.2) is 15.5 Å². The van der Waals surface area contributed by atoms with Gasteiger partial charge in [-0.1, -0.05) is 18.2 Å². The van der Waals surface area contributed by atoms with Crippen LogP contribution < -0.4 is 16.2 Å². The van der Waals surface area contributed by atoms with Crippen molar-refractivity contribution in [3.63, 3.8) is 0 Å². The van der Waals surface area contributed by atoms with E-state index >= 15 is 0 Å². The molecule has 0 saturated heterocycles. The number of fused-ring (bicyclic) bond motifs is 1. The van der Waals surface area contributed by atoms with Gasteiger partial charge in [0.1, 0.15) is 11.2 Å². The molecule has 6 heteroatoms. The number of nitrogens with one attached hydrogen (secondary N) is 2. The second-order valence-electron chi connectivity index (χ2n) is 6.55. The largest absolute Gasteiger partial charge is 0.356 e. The molecule has 29 heavy (non-hydrogen) atoms. The first kappa shape index (κ1) is 18.4. The van der Waals surface area contributed by atoms with Crippen molar-refractivity contribution < 1.29 is 4.79 Å². The third-order valence-electron chi connectivity index (χ3n) is 4.61. The van der Waals surface area contributed by atoms with Gasteiger partial charge in [-0.3, -0.25) is 14.2 Å². The minimum Gasteiger partial charge on any atom is -0.356 e. The Morgan fingerprint density at radius 3 is 2.34 bits per heavy atom. The van der Waals surface area contributed by atoms with Crippen molar-refractivity contribution in [2.45, 2.75) is 13.5 Å². The van der Waals surface area contributed by atoms with Gasteiger partial charge in [-0.05, 0) is 61.5 Å². The second kappa shape index (κ2) is 7.98. The van der Waals surface area contributed by atoms with Crippen LogP contribution in [0.4, 0.5) is 17.1 Å². The summed E-state index contributed by atoms with van der Waals surface area (Å²) in [5.74, 6) is -0.438. The molecule has 0 saturated carbocycles. The van der Waals surface area contributed by atoms with Gasteiger partial charge >= 0.3 is 0 Å². The lowest BCUT2D eigenvalue weighted by Gasteiger charge is -2.11. The van der Waals surface area contributed by atoms with Gasteiger partial charge in [-0.2, -0.15) is 0 Å². The van der Waals surface area contributed by atoms with E-state index in [4.69, 9.17) is 0 Å². The quantitative estimate of drug-likeness (QED) is 0.534. The molecule has 2 aromatic heterocycles. The number of pyridine rings is 2. The number of aromatic nitrogens is 2. The number of carbonyl (C=O) groups is 1. The van der Waals surface area contributed by atoms with Crippen molar-refractivity contribution in [1.82, 2.24) is 9.55 Å². The summed E-state index contributed by atoms with van der Waals surface area (Å²) in [7, 11) is 0. The molecule has 0 radical (unpaired) electrons. The number of hydrogen-bond donors (Lipinski definition) is 2. The van der Waals surface area contributed by atoms with Gasteiger partial charge in [0, 0.05) is 35.2 Å². The highest BCUT2D eigenvalue weighted by atomic mass is 16.2. The van der Waals surface area contributed by atoms with Crippen molar-refractivity contribution >= 4 is 34.0 Å². The average molecular weight is 384 g/mol. The second-order valence-corrected chi connectivity index (χ2v) is 6.55. The van der Waals surface area contributed by atoms with E-state index in [1.807, 2.05) is 55.5 Å². The van der Waals surface area contributed by atoms with Crippen LogP contribution in [0.5, 0.6) is 0 Å². The maximum absolute atomic E-state index is 12.8. The number of rotatable bonds is 5. The summed E-state index contributed by atoms with van der Waals surface area (Å²) in [5.41, 5.74) is 2.82. The van der Waals surface area contributed by atoms with E-state index in [2.05, 4.69) is 15.6 Å². The Hall–Kier alpha value is -3.93. The Bertz CT molecular complexity index is 1220. The van der Waals surface area contributed by atoms with Crippen LogP contribution in [0, 0.1) is 0 Å². The minimum atomic E-state index is -0.438. The van der Waals surface area contributed by atoms with E-state index in [0.717, 1.165) is 16.8 Å². The summed E-state index contributed by atoms with van der Waals surface area (Å²) in [6.07, 6.45) is 1.64. The van der Waals surface area contributed by atoms with Crippen molar-refractivity contribution in [3.05, 3.63) is 94.9 Å². The van der Waals surface area contributed by atoms with Crippen LogP contribution in [0.1, 0.15) is 17.3 Å². The third-order valence-corrected chi connectivity index (χ3v) is 4.61. The van der Waals surface area contributed by atoms with Crippen LogP contribution in [0.3, 0.4) is 0 Å². The molecule has 2 heterocycles. The maximum atomic E-state index is 12.8. The highest BCUT2D eigenvalue weighted by Gasteiger charge is 2.15. The summed E-state index contributed by atoms with van der Waals surface area (Å²) in [6.45, 7) is 2.29. The molecule has 0 fully saturated rings.